The van der Waals surface area contributed by atoms with Crippen molar-refractivity contribution in [2.75, 3.05) is 45.7 Å². The summed E-state index contributed by atoms with van der Waals surface area (Å²) in [4.78, 5) is 4.72. The number of likely N-dealkylation sites (tertiary alicyclic amines) is 1. The molecular formula is C16H27N3O. The molecule has 0 spiro atoms. The fraction of sp³-hybridized carbons (Fsp3) is 0.625. The minimum absolute atomic E-state index is 0.0325. The van der Waals surface area contributed by atoms with E-state index in [1.165, 1.54) is 25.2 Å². The molecule has 1 fully saturated rings. The van der Waals surface area contributed by atoms with Crippen LogP contribution in [0.3, 0.4) is 0 Å². The summed E-state index contributed by atoms with van der Waals surface area (Å²) in [6.45, 7) is 5.47. The number of methoxy groups -OCH3 is 1. The molecule has 0 amide bonds. The first kappa shape index (κ1) is 15.1. The summed E-state index contributed by atoms with van der Waals surface area (Å²) in [5.41, 5.74) is 8.43. The SMILES string of the molecule is COc1cccc(N(C)CC2CCN(C)C2)c1[C@@H](C)N. The fourth-order valence-electron chi connectivity index (χ4n) is 3.16. The highest BCUT2D eigenvalue weighted by molar-refractivity contribution is 5.60. The van der Waals surface area contributed by atoms with Crippen molar-refractivity contribution in [1.29, 1.82) is 0 Å². The van der Waals surface area contributed by atoms with Crippen molar-refractivity contribution in [1.82, 2.24) is 4.90 Å². The lowest BCUT2D eigenvalue weighted by molar-refractivity contribution is 0.395. The van der Waals surface area contributed by atoms with E-state index in [4.69, 9.17) is 10.5 Å². The van der Waals surface area contributed by atoms with E-state index in [0.29, 0.717) is 0 Å². The van der Waals surface area contributed by atoms with Crippen LogP contribution >= 0.6 is 0 Å². The molecule has 1 aromatic carbocycles. The van der Waals surface area contributed by atoms with Gasteiger partial charge in [-0.1, -0.05) is 6.07 Å². The van der Waals surface area contributed by atoms with E-state index >= 15 is 0 Å². The van der Waals surface area contributed by atoms with Crippen LogP contribution in [-0.2, 0) is 0 Å². The molecule has 20 heavy (non-hydrogen) atoms. The largest absolute Gasteiger partial charge is 0.496 e. The van der Waals surface area contributed by atoms with Crippen molar-refractivity contribution < 1.29 is 4.74 Å². The Bertz CT molecular complexity index is 447. The zero-order valence-electron chi connectivity index (χ0n) is 13.1. The van der Waals surface area contributed by atoms with Crippen LogP contribution in [0.5, 0.6) is 5.75 Å². The lowest BCUT2D eigenvalue weighted by atomic mass is 10.0. The quantitative estimate of drug-likeness (QED) is 0.895. The van der Waals surface area contributed by atoms with Crippen molar-refractivity contribution >= 4 is 5.69 Å². The third-order valence-electron chi connectivity index (χ3n) is 4.15. The van der Waals surface area contributed by atoms with Crippen LogP contribution in [-0.4, -0.2) is 45.7 Å². The van der Waals surface area contributed by atoms with Gasteiger partial charge < -0.3 is 20.3 Å². The molecule has 4 heteroatoms. The van der Waals surface area contributed by atoms with Crippen LogP contribution in [0.1, 0.15) is 24.9 Å². The molecule has 1 saturated heterocycles. The van der Waals surface area contributed by atoms with E-state index in [2.05, 4.69) is 30.0 Å². The van der Waals surface area contributed by atoms with Crippen molar-refractivity contribution in [3.63, 3.8) is 0 Å². The van der Waals surface area contributed by atoms with E-state index < -0.39 is 0 Å². The third kappa shape index (κ3) is 3.25. The minimum Gasteiger partial charge on any atom is -0.496 e. The molecule has 4 nitrogen and oxygen atoms in total. The van der Waals surface area contributed by atoms with Crippen molar-refractivity contribution in [3.05, 3.63) is 23.8 Å². The number of benzene rings is 1. The molecule has 1 heterocycles. The second-order valence-electron chi connectivity index (χ2n) is 5.98. The second-order valence-corrected chi connectivity index (χ2v) is 5.98. The predicted octanol–water partition coefficient (Wildman–Crippen LogP) is 2.10. The van der Waals surface area contributed by atoms with Crippen LogP contribution in [0.15, 0.2) is 18.2 Å². The number of nitrogens with zero attached hydrogens (tertiary/aromatic N) is 2. The van der Waals surface area contributed by atoms with Gasteiger partial charge in [-0.25, -0.2) is 0 Å². The highest BCUT2D eigenvalue weighted by atomic mass is 16.5. The van der Waals surface area contributed by atoms with Gasteiger partial charge in [-0.3, -0.25) is 0 Å². The van der Waals surface area contributed by atoms with Gasteiger partial charge in [-0.2, -0.15) is 0 Å². The highest BCUT2D eigenvalue weighted by Gasteiger charge is 2.23. The average molecular weight is 277 g/mol. The summed E-state index contributed by atoms with van der Waals surface area (Å²) >= 11 is 0. The smallest absolute Gasteiger partial charge is 0.125 e. The maximum atomic E-state index is 6.14. The summed E-state index contributed by atoms with van der Waals surface area (Å²) < 4.78 is 5.47. The zero-order valence-corrected chi connectivity index (χ0v) is 13.1. The van der Waals surface area contributed by atoms with E-state index in [9.17, 15) is 0 Å². The van der Waals surface area contributed by atoms with Gasteiger partial charge in [0.1, 0.15) is 5.75 Å². The molecule has 2 atom stereocenters. The van der Waals surface area contributed by atoms with Gasteiger partial charge in [0.15, 0.2) is 0 Å². The molecular weight excluding hydrogens is 250 g/mol. The average Bonchev–Trinajstić information content (AvgIpc) is 2.82. The first-order valence-electron chi connectivity index (χ1n) is 7.35. The molecule has 112 valence electrons. The van der Waals surface area contributed by atoms with Gasteiger partial charge in [-0.15, -0.1) is 0 Å². The maximum absolute atomic E-state index is 6.14. The molecule has 1 unspecified atom stereocenters. The number of anilines is 1. The molecule has 0 aromatic heterocycles. The summed E-state index contributed by atoms with van der Waals surface area (Å²) in [5, 5.41) is 0. The minimum atomic E-state index is -0.0325. The molecule has 1 aromatic rings. The van der Waals surface area contributed by atoms with Gasteiger partial charge in [0.05, 0.1) is 7.11 Å². The molecule has 1 aliphatic rings. The lowest BCUT2D eigenvalue weighted by Crippen LogP contribution is -2.28. The van der Waals surface area contributed by atoms with Crippen LogP contribution in [0.25, 0.3) is 0 Å². The van der Waals surface area contributed by atoms with Crippen molar-refractivity contribution in [2.45, 2.75) is 19.4 Å². The van der Waals surface area contributed by atoms with E-state index in [1.807, 2.05) is 19.1 Å². The van der Waals surface area contributed by atoms with E-state index in [1.54, 1.807) is 7.11 Å². The Morgan fingerprint density at radius 2 is 2.25 bits per heavy atom. The molecule has 2 N–H and O–H groups in total. The van der Waals surface area contributed by atoms with Crippen molar-refractivity contribution in [3.8, 4) is 5.75 Å². The summed E-state index contributed by atoms with van der Waals surface area (Å²) in [6, 6.07) is 6.13. The molecule has 0 radical (unpaired) electrons. The summed E-state index contributed by atoms with van der Waals surface area (Å²) in [7, 11) is 6.05. The van der Waals surface area contributed by atoms with Gasteiger partial charge in [0, 0.05) is 37.4 Å². The topological polar surface area (TPSA) is 41.7 Å². The molecule has 0 saturated carbocycles. The summed E-state index contributed by atoms with van der Waals surface area (Å²) in [5.74, 6) is 1.62. The monoisotopic (exact) mass is 277 g/mol. The Morgan fingerprint density at radius 1 is 1.50 bits per heavy atom. The maximum Gasteiger partial charge on any atom is 0.125 e. The molecule has 1 aliphatic heterocycles. The van der Waals surface area contributed by atoms with Crippen LogP contribution in [0.2, 0.25) is 0 Å². The first-order valence-corrected chi connectivity index (χ1v) is 7.35. The third-order valence-corrected chi connectivity index (χ3v) is 4.15. The zero-order chi connectivity index (χ0) is 14.7. The van der Waals surface area contributed by atoms with Gasteiger partial charge in [-0.05, 0) is 45.0 Å². The predicted molar refractivity (Wildman–Crippen MR) is 84.5 cm³/mol. The normalized spacial score (nSPS) is 20.9. The Morgan fingerprint density at radius 3 is 2.80 bits per heavy atom. The van der Waals surface area contributed by atoms with E-state index in [0.717, 1.165) is 23.8 Å². The van der Waals surface area contributed by atoms with Gasteiger partial charge in [0.2, 0.25) is 0 Å². The molecule has 0 bridgehead atoms. The Kier molecular flexibility index (Phi) is 4.89. The van der Waals surface area contributed by atoms with Crippen molar-refractivity contribution in [2.24, 2.45) is 11.7 Å². The molecule has 0 aliphatic carbocycles. The highest BCUT2D eigenvalue weighted by Crippen LogP contribution is 2.33. The van der Waals surface area contributed by atoms with Gasteiger partial charge in [0.25, 0.3) is 0 Å². The van der Waals surface area contributed by atoms with Crippen LogP contribution in [0, 0.1) is 5.92 Å². The Balaban J connectivity index is 2.18. The van der Waals surface area contributed by atoms with Crippen LogP contribution in [0.4, 0.5) is 5.69 Å². The second kappa shape index (κ2) is 6.46. The summed E-state index contributed by atoms with van der Waals surface area (Å²) in [6.07, 6.45) is 1.28. The Labute approximate surface area is 122 Å². The number of ether oxygens (including phenoxy) is 1. The van der Waals surface area contributed by atoms with Gasteiger partial charge >= 0.3 is 0 Å². The standard InChI is InChI=1S/C16H27N3O/c1-12(17)16-14(6-5-7-15(16)20-4)19(3)11-13-8-9-18(2)10-13/h5-7,12-13H,8-11,17H2,1-4H3/t12-,13?/m1/s1. The lowest BCUT2D eigenvalue weighted by Gasteiger charge is -2.27. The number of hydrogen-bond acceptors (Lipinski definition) is 4. The number of nitrogens with two attached hydrogens (primary N) is 1. The fourth-order valence-corrected chi connectivity index (χ4v) is 3.16. The first-order chi connectivity index (χ1) is 9.52. The van der Waals surface area contributed by atoms with Crippen LogP contribution < -0.4 is 15.4 Å². The molecule has 2 rings (SSSR count). The van der Waals surface area contributed by atoms with E-state index in [-0.39, 0.29) is 6.04 Å². The Hall–Kier alpha value is -1.26. The number of hydrogen-bond donors (Lipinski definition) is 1. The number of rotatable bonds is 5.